The minimum Gasteiger partial charge on any atom is -0.497 e. The van der Waals surface area contributed by atoms with E-state index in [-0.39, 0.29) is 0 Å². The lowest BCUT2D eigenvalue weighted by atomic mass is 10.0. The van der Waals surface area contributed by atoms with Crippen LogP contribution >= 0.6 is 0 Å². The van der Waals surface area contributed by atoms with Crippen LogP contribution in [0.2, 0.25) is 0 Å². The van der Waals surface area contributed by atoms with E-state index in [0.717, 1.165) is 30.0 Å². The van der Waals surface area contributed by atoms with E-state index < -0.39 is 6.10 Å². The number of hydroxylamine groups is 1. The van der Waals surface area contributed by atoms with Crippen LogP contribution in [0.5, 0.6) is 5.75 Å². The first-order valence-corrected chi connectivity index (χ1v) is 5.73. The Bertz CT molecular complexity index is 411. The molecule has 92 valence electrons. The standard InChI is InChI=1S/C13H18NO3/c1-16-11-5-3-10(4-6-11)9-12-13(15)7-8-14(12)17-2/h3-6,13,15H,7-9H2,1-2H3/q+1. The molecule has 2 rings (SSSR count). The molecule has 0 amide bonds. The molecule has 0 aromatic heterocycles. The number of nitrogens with zero attached hydrogens (tertiary/aromatic N) is 1. The highest BCUT2D eigenvalue weighted by Crippen LogP contribution is 2.15. The molecule has 0 saturated carbocycles. The van der Waals surface area contributed by atoms with Gasteiger partial charge in [0.15, 0.2) is 6.54 Å². The molecule has 0 radical (unpaired) electrons. The fourth-order valence-corrected chi connectivity index (χ4v) is 2.08. The quantitative estimate of drug-likeness (QED) is 0.794. The van der Waals surface area contributed by atoms with E-state index in [1.165, 1.54) is 0 Å². The van der Waals surface area contributed by atoms with Gasteiger partial charge in [-0.15, -0.1) is 0 Å². The topological polar surface area (TPSA) is 41.7 Å². The van der Waals surface area contributed by atoms with E-state index in [2.05, 4.69) is 0 Å². The summed E-state index contributed by atoms with van der Waals surface area (Å²) in [5.41, 5.74) is 2.07. The van der Waals surface area contributed by atoms with Crippen molar-refractivity contribution in [1.82, 2.24) is 0 Å². The number of aliphatic hydroxyl groups excluding tert-OH is 1. The number of hydrogen-bond donors (Lipinski definition) is 1. The van der Waals surface area contributed by atoms with Crippen LogP contribution in [0.25, 0.3) is 0 Å². The monoisotopic (exact) mass is 236 g/mol. The summed E-state index contributed by atoms with van der Waals surface area (Å²) in [7, 11) is 3.28. The summed E-state index contributed by atoms with van der Waals surface area (Å²) >= 11 is 0. The van der Waals surface area contributed by atoms with E-state index in [1.807, 2.05) is 24.3 Å². The lowest BCUT2D eigenvalue weighted by molar-refractivity contribution is -0.775. The third-order valence-electron chi connectivity index (χ3n) is 3.08. The summed E-state index contributed by atoms with van der Waals surface area (Å²) in [4.78, 5) is 5.22. The Labute approximate surface area is 101 Å². The first kappa shape index (κ1) is 11.9. The van der Waals surface area contributed by atoms with Gasteiger partial charge in [0.2, 0.25) is 5.71 Å². The van der Waals surface area contributed by atoms with Gasteiger partial charge in [0.25, 0.3) is 0 Å². The molecule has 0 fully saturated rings. The van der Waals surface area contributed by atoms with Crippen molar-refractivity contribution < 1.29 is 19.4 Å². The molecule has 1 N–H and O–H groups in total. The van der Waals surface area contributed by atoms with E-state index in [0.29, 0.717) is 6.42 Å². The summed E-state index contributed by atoms with van der Waals surface area (Å²) in [5.74, 6) is 0.842. The fraction of sp³-hybridized carbons (Fsp3) is 0.462. The zero-order chi connectivity index (χ0) is 12.3. The largest absolute Gasteiger partial charge is 0.497 e. The smallest absolute Gasteiger partial charge is 0.237 e. The van der Waals surface area contributed by atoms with Crippen LogP contribution in [0.4, 0.5) is 0 Å². The van der Waals surface area contributed by atoms with Crippen LogP contribution in [-0.2, 0) is 11.3 Å². The summed E-state index contributed by atoms with van der Waals surface area (Å²) in [6.45, 7) is 0.753. The van der Waals surface area contributed by atoms with E-state index in [9.17, 15) is 5.11 Å². The lowest BCUT2D eigenvalue weighted by Crippen LogP contribution is -2.24. The summed E-state index contributed by atoms with van der Waals surface area (Å²) in [6.07, 6.45) is 1.05. The molecular formula is C13H18NO3+. The van der Waals surface area contributed by atoms with Crippen LogP contribution in [0.1, 0.15) is 12.0 Å². The number of benzene rings is 1. The second-order valence-corrected chi connectivity index (χ2v) is 4.11. The minimum absolute atomic E-state index is 0.392. The Hall–Kier alpha value is -1.55. The third-order valence-corrected chi connectivity index (χ3v) is 3.08. The van der Waals surface area contributed by atoms with Crippen molar-refractivity contribution in [1.29, 1.82) is 0 Å². The van der Waals surface area contributed by atoms with Crippen molar-refractivity contribution in [2.24, 2.45) is 0 Å². The molecule has 1 aromatic carbocycles. The molecule has 17 heavy (non-hydrogen) atoms. The minimum atomic E-state index is -0.392. The van der Waals surface area contributed by atoms with Crippen molar-refractivity contribution in [2.45, 2.75) is 18.9 Å². The van der Waals surface area contributed by atoms with Crippen molar-refractivity contribution in [3.8, 4) is 5.75 Å². The number of hydrogen-bond acceptors (Lipinski definition) is 3. The number of aliphatic hydroxyl groups is 1. The fourth-order valence-electron chi connectivity index (χ4n) is 2.08. The third kappa shape index (κ3) is 2.58. The average Bonchev–Trinajstić information content (AvgIpc) is 2.71. The molecule has 1 heterocycles. The van der Waals surface area contributed by atoms with Crippen LogP contribution < -0.4 is 4.74 Å². The number of methoxy groups -OCH3 is 1. The second-order valence-electron chi connectivity index (χ2n) is 4.11. The summed E-state index contributed by atoms with van der Waals surface area (Å²) < 4.78 is 6.88. The SMILES string of the molecule is COc1ccc(CC2=[N+](OC)CCC2O)cc1. The van der Waals surface area contributed by atoms with Gasteiger partial charge in [0, 0.05) is 6.42 Å². The molecule has 1 aromatic rings. The van der Waals surface area contributed by atoms with E-state index >= 15 is 0 Å². The molecule has 1 atom stereocenters. The molecule has 0 saturated heterocycles. The van der Waals surface area contributed by atoms with E-state index in [1.54, 1.807) is 19.0 Å². The van der Waals surface area contributed by atoms with Gasteiger partial charge in [-0.05, 0) is 22.4 Å². The molecule has 1 aliphatic rings. The predicted molar refractivity (Wildman–Crippen MR) is 64.5 cm³/mol. The zero-order valence-electron chi connectivity index (χ0n) is 10.2. The number of ether oxygens (including phenoxy) is 1. The Kier molecular flexibility index (Phi) is 3.64. The molecule has 1 unspecified atom stereocenters. The maximum atomic E-state index is 9.87. The van der Waals surface area contributed by atoms with Crippen LogP contribution in [0.15, 0.2) is 24.3 Å². The van der Waals surface area contributed by atoms with Crippen molar-refractivity contribution in [3.05, 3.63) is 29.8 Å². The summed E-state index contributed by atoms with van der Waals surface area (Å²) in [6, 6.07) is 7.86. The van der Waals surface area contributed by atoms with Gasteiger partial charge in [0.1, 0.15) is 19.0 Å². The maximum absolute atomic E-state index is 9.87. The molecule has 1 aliphatic heterocycles. The highest BCUT2D eigenvalue weighted by Gasteiger charge is 2.33. The van der Waals surface area contributed by atoms with Gasteiger partial charge in [-0.2, -0.15) is 0 Å². The first-order valence-electron chi connectivity index (χ1n) is 5.73. The Morgan fingerprint density at radius 3 is 2.59 bits per heavy atom. The zero-order valence-corrected chi connectivity index (χ0v) is 10.2. The molecular weight excluding hydrogens is 218 g/mol. The van der Waals surface area contributed by atoms with Crippen LogP contribution in [0.3, 0.4) is 0 Å². The summed E-state index contributed by atoms with van der Waals surface area (Å²) in [5, 5.41) is 9.87. The van der Waals surface area contributed by atoms with Crippen molar-refractivity contribution in [3.63, 3.8) is 0 Å². The molecule has 4 nitrogen and oxygen atoms in total. The van der Waals surface area contributed by atoms with Crippen LogP contribution in [-0.4, -0.2) is 42.4 Å². The predicted octanol–water partition coefficient (Wildman–Crippen LogP) is 1.02. The Morgan fingerprint density at radius 2 is 2.00 bits per heavy atom. The molecule has 4 heteroatoms. The molecule has 0 spiro atoms. The maximum Gasteiger partial charge on any atom is 0.237 e. The molecule has 0 aliphatic carbocycles. The highest BCUT2D eigenvalue weighted by atomic mass is 16.7. The Morgan fingerprint density at radius 1 is 1.29 bits per heavy atom. The average molecular weight is 236 g/mol. The van der Waals surface area contributed by atoms with E-state index in [4.69, 9.17) is 9.57 Å². The highest BCUT2D eigenvalue weighted by molar-refractivity contribution is 5.86. The molecule has 0 bridgehead atoms. The Balaban J connectivity index is 2.14. The first-order chi connectivity index (χ1) is 8.24. The van der Waals surface area contributed by atoms with Gasteiger partial charge in [-0.1, -0.05) is 12.1 Å². The van der Waals surface area contributed by atoms with Crippen LogP contribution in [0, 0.1) is 0 Å². The number of rotatable bonds is 4. The van der Waals surface area contributed by atoms with Gasteiger partial charge in [0.05, 0.1) is 13.5 Å². The normalized spacial score (nSPS) is 19.6. The van der Waals surface area contributed by atoms with Gasteiger partial charge in [-0.3, -0.25) is 4.84 Å². The van der Waals surface area contributed by atoms with Crippen molar-refractivity contribution >= 4 is 5.71 Å². The van der Waals surface area contributed by atoms with Crippen molar-refractivity contribution in [2.75, 3.05) is 20.8 Å². The van der Waals surface area contributed by atoms with Gasteiger partial charge >= 0.3 is 0 Å². The lowest BCUT2D eigenvalue weighted by Gasteiger charge is -2.04. The van der Waals surface area contributed by atoms with Gasteiger partial charge < -0.3 is 9.84 Å². The second kappa shape index (κ2) is 5.19. The van der Waals surface area contributed by atoms with Gasteiger partial charge in [-0.25, -0.2) is 0 Å².